The van der Waals surface area contributed by atoms with Crippen LogP contribution in [0.15, 0.2) is 24.3 Å². The van der Waals surface area contributed by atoms with Crippen LogP contribution < -0.4 is 10.6 Å². The number of hydrogen-bond acceptors (Lipinski definition) is 2. The van der Waals surface area contributed by atoms with E-state index in [9.17, 15) is 4.79 Å². The van der Waals surface area contributed by atoms with Gasteiger partial charge < -0.3 is 10.6 Å². The fraction of sp³-hybridized carbons (Fsp3) is 0.500. The van der Waals surface area contributed by atoms with Gasteiger partial charge in [0.05, 0.1) is 0 Å². The molecule has 0 radical (unpaired) electrons. The molecular formula is C14H19ClN2O. The van der Waals surface area contributed by atoms with Crippen molar-refractivity contribution in [1.29, 1.82) is 0 Å². The fourth-order valence-electron chi connectivity index (χ4n) is 2.28. The van der Waals surface area contributed by atoms with Crippen molar-refractivity contribution in [2.75, 3.05) is 11.9 Å². The normalized spacial score (nSPS) is 15.8. The average molecular weight is 267 g/mol. The summed E-state index contributed by atoms with van der Waals surface area (Å²) in [6.45, 7) is 0.754. The van der Waals surface area contributed by atoms with Crippen molar-refractivity contribution in [3.63, 3.8) is 0 Å². The van der Waals surface area contributed by atoms with E-state index in [0.29, 0.717) is 17.5 Å². The third-order valence-corrected chi connectivity index (χ3v) is 3.52. The van der Waals surface area contributed by atoms with Crippen LogP contribution >= 0.6 is 11.6 Å². The van der Waals surface area contributed by atoms with E-state index in [4.69, 9.17) is 11.6 Å². The number of rotatable bonds is 5. The van der Waals surface area contributed by atoms with Crippen molar-refractivity contribution >= 4 is 23.2 Å². The molecule has 0 atom stereocenters. The zero-order valence-corrected chi connectivity index (χ0v) is 11.2. The Bertz CT molecular complexity index is 385. The number of anilines is 1. The summed E-state index contributed by atoms with van der Waals surface area (Å²) in [7, 11) is 0. The molecule has 1 aromatic rings. The third-order valence-electron chi connectivity index (χ3n) is 3.27. The van der Waals surface area contributed by atoms with Crippen LogP contribution in [0.2, 0.25) is 5.02 Å². The van der Waals surface area contributed by atoms with E-state index in [0.717, 1.165) is 12.2 Å². The summed E-state index contributed by atoms with van der Waals surface area (Å²) < 4.78 is 0. The second-order valence-electron chi connectivity index (χ2n) is 4.74. The topological polar surface area (TPSA) is 41.1 Å². The number of hydrogen-bond donors (Lipinski definition) is 2. The Morgan fingerprint density at radius 1 is 1.22 bits per heavy atom. The van der Waals surface area contributed by atoms with Gasteiger partial charge in [-0.05, 0) is 37.1 Å². The summed E-state index contributed by atoms with van der Waals surface area (Å²) in [4.78, 5) is 11.7. The van der Waals surface area contributed by atoms with Crippen molar-refractivity contribution in [3.05, 3.63) is 29.3 Å². The van der Waals surface area contributed by atoms with Crippen molar-refractivity contribution in [3.8, 4) is 0 Å². The molecule has 0 heterocycles. The molecule has 1 amide bonds. The Morgan fingerprint density at radius 2 is 1.89 bits per heavy atom. The Balaban J connectivity index is 1.66. The van der Waals surface area contributed by atoms with Gasteiger partial charge >= 0.3 is 0 Å². The molecule has 0 bridgehead atoms. The number of halogens is 1. The lowest BCUT2D eigenvalue weighted by Gasteiger charge is -2.11. The molecule has 98 valence electrons. The first-order valence-electron chi connectivity index (χ1n) is 6.53. The van der Waals surface area contributed by atoms with Crippen LogP contribution in [0, 0.1) is 0 Å². The van der Waals surface area contributed by atoms with Crippen molar-refractivity contribution in [1.82, 2.24) is 5.32 Å². The highest BCUT2D eigenvalue weighted by Crippen LogP contribution is 2.17. The quantitative estimate of drug-likeness (QED) is 0.859. The molecule has 1 saturated carbocycles. The van der Waals surface area contributed by atoms with Gasteiger partial charge in [-0.3, -0.25) is 4.79 Å². The number of carbonyl (C=O) groups is 1. The molecular weight excluding hydrogens is 248 g/mol. The molecule has 0 unspecified atom stereocenters. The van der Waals surface area contributed by atoms with Gasteiger partial charge in [-0.15, -0.1) is 0 Å². The smallest absolute Gasteiger partial charge is 0.225 e. The monoisotopic (exact) mass is 266 g/mol. The maximum Gasteiger partial charge on any atom is 0.225 e. The van der Waals surface area contributed by atoms with Gasteiger partial charge in [-0.2, -0.15) is 0 Å². The molecule has 0 aliphatic heterocycles. The molecule has 4 heteroatoms. The largest absolute Gasteiger partial charge is 0.326 e. The summed E-state index contributed by atoms with van der Waals surface area (Å²) in [5.74, 6) is 0.0443. The number of carbonyl (C=O) groups excluding carboxylic acids is 1. The average Bonchev–Trinajstić information content (AvgIpc) is 2.85. The minimum atomic E-state index is 0.0443. The van der Waals surface area contributed by atoms with Crippen LogP contribution in [-0.2, 0) is 4.79 Å². The van der Waals surface area contributed by atoms with Gasteiger partial charge in [0, 0.05) is 29.7 Å². The van der Waals surface area contributed by atoms with E-state index in [-0.39, 0.29) is 5.91 Å². The molecule has 2 rings (SSSR count). The van der Waals surface area contributed by atoms with E-state index < -0.39 is 0 Å². The van der Waals surface area contributed by atoms with E-state index in [1.165, 1.54) is 25.7 Å². The Morgan fingerprint density at radius 3 is 2.56 bits per heavy atom. The standard InChI is InChI=1S/C14H19ClN2O/c15-11-5-7-13(8-6-11)17-14(18)9-10-16-12-3-1-2-4-12/h5-8,12,16H,1-4,9-10H2,(H,17,18). The van der Waals surface area contributed by atoms with E-state index in [1.807, 2.05) is 12.1 Å². The van der Waals surface area contributed by atoms with Crippen LogP contribution in [0.4, 0.5) is 5.69 Å². The molecule has 18 heavy (non-hydrogen) atoms. The minimum Gasteiger partial charge on any atom is -0.326 e. The maximum atomic E-state index is 11.7. The van der Waals surface area contributed by atoms with Crippen LogP contribution in [0.5, 0.6) is 0 Å². The lowest BCUT2D eigenvalue weighted by Crippen LogP contribution is -2.29. The summed E-state index contributed by atoms with van der Waals surface area (Å²) in [5, 5.41) is 6.96. The zero-order valence-electron chi connectivity index (χ0n) is 10.4. The van der Waals surface area contributed by atoms with Crippen LogP contribution in [0.1, 0.15) is 32.1 Å². The Labute approximate surface area is 113 Å². The Hall–Kier alpha value is -1.06. The number of benzene rings is 1. The fourth-order valence-corrected chi connectivity index (χ4v) is 2.40. The van der Waals surface area contributed by atoms with Crippen molar-refractivity contribution < 1.29 is 4.79 Å². The lowest BCUT2D eigenvalue weighted by molar-refractivity contribution is -0.116. The number of amides is 1. The lowest BCUT2D eigenvalue weighted by atomic mass is 10.2. The molecule has 1 aromatic carbocycles. The van der Waals surface area contributed by atoms with E-state index in [2.05, 4.69) is 10.6 Å². The summed E-state index contributed by atoms with van der Waals surface area (Å²) in [6, 6.07) is 7.78. The molecule has 0 spiro atoms. The SMILES string of the molecule is O=C(CCNC1CCCC1)Nc1ccc(Cl)cc1. The highest BCUT2D eigenvalue weighted by Gasteiger charge is 2.14. The van der Waals surface area contributed by atoms with E-state index >= 15 is 0 Å². The van der Waals surface area contributed by atoms with Crippen LogP contribution in [0.3, 0.4) is 0 Å². The second kappa shape index (κ2) is 6.76. The number of nitrogens with one attached hydrogen (secondary N) is 2. The van der Waals surface area contributed by atoms with Crippen LogP contribution in [-0.4, -0.2) is 18.5 Å². The van der Waals surface area contributed by atoms with Crippen LogP contribution in [0.25, 0.3) is 0 Å². The molecule has 2 N–H and O–H groups in total. The highest BCUT2D eigenvalue weighted by atomic mass is 35.5. The third kappa shape index (κ3) is 4.31. The van der Waals surface area contributed by atoms with Gasteiger partial charge in [0.15, 0.2) is 0 Å². The first kappa shape index (κ1) is 13.4. The summed E-state index contributed by atoms with van der Waals surface area (Å²) in [5.41, 5.74) is 0.797. The predicted octanol–water partition coefficient (Wildman–Crippen LogP) is 3.20. The van der Waals surface area contributed by atoms with Gasteiger partial charge in [0.1, 0.15) is 0 Å². The van der Waals surface area contributed by atoms with Gasteiger partial charge in [0.2, 0.25) is 5.91 Å². The first-order valence-corrected chi connectivity index (χ1v) is 6.90. The van der Waals surface area contributed by atoms with E-state index in [1.54, 1.807) is 12.1 Å². The first-order chi connectivity index (χ1) is 8.74. The molecule has 0 aromatic heterocycles. The molecule has 0 saturated heterocycles. The van der Waals surface area contributed by atoms with Crippen molar-refractivity contribution in [2.24, 2.45) is 0 Å². The summed E-state index contributed by atoms with van der Waals surface area (Å²) in [6.07, 6.45) is 5.64. The van der Waals surface area contributed by atoms with Gasteiger partial charge in [-0.1, -0.05) is 24.4 Å². The van der Waals surface area contributed by atoms with Gasteiger partial charge in [0.25, 0.3) is 0 Å². The second-order valence-corrected chi connectivity index (χ2v) is 5.18. The minimum absolute atomic E-state index is 0.0443. The highest BCUT2D eigenvalue weighted by molar-refractivity contribution is 6.30. The Kier molecular flexibility index (Phi) is 5.02. The molecule has 3 nitrogen and oxygen atoms in total. The maximum absolute atomic E-state index is 11.7. The van der Waals surface area contributed by atoms with Crippen molar-refractivity contribution in [2.45, 2.75) is 38.1 Å². The molecule has 1 aliphatic carbocycles. The molecule has 1 fully saturated rings. The molecule has 1 aliphatic rings. The zero-order chi connectivity index (χ0) is 12.8. The summed E-state index contributed by atoms with van der Waals surface area (Å²) >= 11 is 5.78. The predicted molar refractivity (Wildman–Crippen MR) is 75.0 cm³/mol. The van der Waals surface area contributed by atoms with Gasteiger partial charge in [-0.25, -0.2) is 0 Å².